The Kier molecular flexibility index (Phi) is 2.93. The Morgan fingerprint density at radius 1 is 1.29 bits per heavy atom. The van der Waals surface area contributed by atoms with Gasteiger partial charge in [-0.1, -0.05) is 15.9 Å². The lowest BCUT2D eigenvalue weighted by Gasteiger charge is -2.11. The lowest BCUT2D eigenvalue weighted by molar-refractivity contribution is 0.682. The number of rotatable bonds is 3. The van der Waals surface area contributed by atoms with Gasteiger partial charge >= 0.3 is 0 Å². The Hall–Kier alpha value is -0.340. The molecule has 0 radical (unpaired) electrons. The molecule has 0 bridgehead atoms. The molecule has 1 N–H and O–H groups in total. The third-order valence-corrected chi connectivity index (χ3v) is 3.26. The predicted octanol–water partition coefficient (Wildman–Crippen LogP) is 3.32. The van der Waals surface area contributed by atoms with Crippen LogP contribution < -0.4 is 5.32 Å². The summed E-state index contributed by atoms with van der Waals surface area (Å²) >= 11 is 3.52. The zero-order valence-corrected chi connectivity index (χ0v) is 10.3. The molecule has 1 saturated carbocycles. The molecule has 1 fully saturated rings. The first-order valence-electron chi connectivity index (χ1n) is 5.16. The van der Waals surface area contributed by atoms with E-state index in [-0.39, 0.29) is 0 Å². The van der Waals surface area contributed by atoms with Crippen LogP contribution in [0.15, 0.2) is 16.6 Å². The lowest BCUT2D eigenvalue weighted by atomic mass is 10.0. The number of benzene rings is 1. The SMILES string of the molecule is Cc1cc(Br)cc(C)c1CNC1CC1. The molecule has 2 rings (SSSR count). The van der Waals surface area contributed by atoms with Gasteiger partial charge in [0.25, 0.3) is 0 Å². The first-order valence-corrected chi connectivity index (χ1v) is 5.95. The molecule has 76 valence electrons. The fourth-order valence-corrected chi connectivity index (χ4v) is 2.44. The quantitative estimate of drug-likeness (QED) is 0.872. The number of hydrogen-bond acceptors (Lipinski definition) is 1. The van der Waals surface area contributed by atoms with Crippen LogP contribution in [0.25, 0.3) is 0 Å². The predicted molar refractivity (Wildman–Crippen MR) is 63.5 cm³/mol. The first-order chi connectivity index (χ1) is 6.66. The highest BCUT2D eigenvalue weighted by atomic mass is 79.9. The van der Waals surface area contributed by atoms with E-state index >= 15 is 0 Å². The van der Waals surface area contributed by atoms with E-state index in [9.17, 15) is 0 Å². The number of nitrogens with one attached hydrogen (secondary N) is 1. The maximum Gasteiger partial charge on any atom is 0.0213 e. The Balaban J connectivity index is 2.13. The molecule has 2 heteroatoms. The summed E-state index contributed by atoms with van der Waals surface area (Å²) < 4.78 is 1.18. The zero-order chi connectivity index (χ0) is 10.1. The van der Waals surface area contributed by atoms with Gasteiger partial charge < -0.3 is 5.32 Å². The largest absolute Gasteiger partial charge is 0.310 e. The molecular formula is C12H16BrN. The molecule has 0 spiro atoms. The Labute approximate surface area is 94.0 Å². The van der Waals surface area contributed by atoms with E-state index < -0.39 is 0 Å². The van der Waals surface area contributed by atoms with Crippen molar-refractivity contribution in [2.24, 2.45) is 0 Å². The van der Waals surface area contributed by atoms with Crippen molar-refractivity contribution in [1.82, 2.24) is 5.32 Å². The summed E-state index contributed by atoms with van der Waals surface area (Å²) in [5.41, 5.74) is 4.22. The molecule has 0 unspecified atom stereocenters. The Morgan fingerprint density at radius 2 is 1.86 bits per heavy atom. The fraction of sp³-hybridized carbons (Fsp3) is 0.500. The van der Waals surface area contributed by atoms with Crippen molar-refractivity contribution in [3.05, 3.63) is 33.3 Å². The van der Waals surface area contributed by atoms with Gasteiger partial charge in [0.2, 0.25) is 0 Å². The van der Waals surface area contributed by atoms with Crippen LogP contribution in [0.3, 0.4) is 0 Å². The zero-order valence-electron chi connectivity index (χ0n) is 8.73. The number of aryl methyl sites for hydroxylation is 2. The van der Waals surface area contributed by atoms with Gasteiger partial charge in [0.15, 0.2) is 0 Å². The topological polar surface area (TPSA) is 12.0 Å². The molecule has 14 heavy (non-hydrogen) atoms. The monoisotopic (exact) mass is 253 g/mol. The molecule has 1 aliphatic rings. The van der Waals surface area contributed by atoms with Crippen molar-refractivity contribution in [3.63, 3.8) is 0 Å². The molecule has 1 nitrogen and oxygen atoms in total. The lowest BCUT2D eigenvalue weighted by Crippen LogP contribution is -2.16. The van der Waals surface area contributed by atoms with E-state index in [2.05, 4.69) is 47.2 Å². The van der Waals surface area contributed by atoms with E-state index in [4.69, 9.17) is 0 Å². The van der Waals surface area contributed by atoms with E-state index in [0.29, 0.717) is 0 Å². The van der Waals surface area contributed by atoms with Crippen LogP contribution in [-0.4, -0.2) is 6.04 Å². The standard InChI is InChI=1S/C12H16BrN/c1-8-5-10(13)6-9(2)12(8)7-14-11-3-4-11/h5-6,11,14H,3-4,7H2,1-2H3. The summed E-state index contributed by atoms with van der Waals surface area (Å²) in [5, 5.41) is 3.56. The second kappa shape index (κ2) is 4.03. The van der Waals surface area contributed by atoms with Crippen LogP contribution in [0.2, 0.25) is 0 Å². The molecule has 1 aromatic rings. The average molecular weight is 254 g/mol. The van der Waals surface area contributed by atoms with Crippen LogP contribution in [0.4, 0.5) is 0 Å². The van der Waals surface area contributed by atoms with Gasteiger partial charge in [-0.3, -0.25) is 0 Å². The van der Waals surface area contributed by atoms with Crippen molar-refractivity contribution < 1.29 is 0 Å². The van der Waals surface area contributed by atoms with Crippen LogP contribution in [0, 0.1) is 13.8 Å². The fourth-order valence-electron chi connectivity index (χ4n) is 1.75. The average Bonchev–Trinajstić information content (AvgIpc) is 2.85. The minimum absolute atomic E-state index is 0.789. The van der Waals surface area contributed by atoms with Gasteiger partial charge in [-0.25, -0.2) is 0 Å². The third-order valence-electron chi connectivity index (χ3n) is 2.81. The minimum Gasteiger partial charge on any atom is -0.310 e. The highest BCUT2D eigenvalue weighted by Crippen LogP contribution is 2.23. The second-order valence-electron chi connectivity index (χ2n) is 4.17. The summed E-state index contributed by atoms with van der Waals surface area (Å²) in [6, 6.07) is 5.17. The van der Waals surface area contributed by atoms with E-state index in [1.54, 1.807) is 0 Å². The van der Waals surface area contributed by atoms with Gasteiger partial charge in [0.05, 0.1) is 0 Å². The van der Waals surface area contributed by atoms with E-state index in [0.717, 1.165) is 12.6 Å². The van der Waals surface area contributed by atoms with Gasteiger partial charge in [-0.05, 0) is 55.5 Å². The maximum absolute atomic E-state index is 3.56. The minimum atomic E-state index is 0.789. The van der Waals surface area contributed by atoms with Crippen molar-refractivity contribution >= 4 is 15.9 Å². The first kappa shape index (κ1) is 10.2. The van der Waals surface area contributed by atoms with Crippen LogP contribution in [0.5, 0.6) is 0 Å². The van der Waals surface area contributed by atoms with E-state index in [1.165, 1.54) is 34.0 Å². The van der Waals surface area contributed by atoms with Gasteiger partial charge in [-0.2, -0.15) is 0 Å². The Morgan fingerprint density at radius 3 is 2.36 bits per heavy atom. The second-order valence-corrected chi connectivity index (χ2v) is 5.09. The van der Waals surface area contributed by atoms with Crippen LogP contribution in [0.1, 0.15) is 29.5 Å². The Bertz CT molecular complexity index is 319. The number of hydrogen-bond donors (Lipinski definition) is 1. The van der Waals surface area contributed by atoms with Crippen LogP contribution in [-0.2, 0) is 6.54 Å². The third kappa shape index (κ3) is 2.37. The molecular weight excluding hydrogens is 238 g/mol. The van der Waals surface area contributed by atoms with Crippen molar-refractivity contribution in [1.29, 1.82) is 0 Å². The molecule has 1 aromatic carbocycles. The molecule has 0 aromatic heterocycles. The summed E-state index contributed by atoms with van der Waals surface area (Å²) in [5.74, 6) is 0. The van der Waals surface area contributed by atoms with Gasteiger partial charge in [0.1, 0.15) is 0 Å². The summed E-state index contributed by atoms with van der Waals surface area (Å²) in [6.45, 7) is 5.39. The molecule has 1 aliphatic carbocycles. The van der Waals surface area contributed by atoms with Crippen molar-refractivity contribution in [2.45, 2.75) is 39.3 Å². The van der Waals surface area contributed by atoms with Crippen LogP contribution >= 0.6 is 15.9 Å². The smallest absolute Gasteiger partial charge is 0.0213 e. The number of halogens is 1. The van der Waals surface area contributed by atoms with E-state index in [1.807, 2.05) is 0 Å². The normalized spacial score (nSPS) is 15.9. The highest BCUT2D eigenvalue weighted by molar-refractivity contribution is 9.10. The van der Waals surface area contributed by atoms with Crippen molar-refractivity contribution in [2.75, 3.05) is 0 Å². The van der Waals surface area contributed by atoms with Crippen molar-refractivity contribution in [3.8, 4) is 0 Å². The summed E-state index contributed by atoms with van der Waals surface area (Å²) in [6.07, 6.45) is 2.71. The molecule has 0 aliphatic heterocycles. The molecule has 0 amide bonds. The summed E-state index contributed by atoms with van der Waals surface area (Å²) in [7, 11) is 0. The van der Waals surface area contributed by atoms with Gasteiger partial charge in [0, 0.05) is 17.1 Å². The summed E-state index contributed by atoms with van der Waals surface area (Å²) in [4.78, 5) is 0. The maximum atomic E-state index is 3.56. The molecule has 0 atom stereocenters. The molecule has 0 heterocycles. The highest BCUT2D eigenvalue weighted by Gasteiger charge is 2.20. The molecule has 0 saturated heterocycles. The van der Waals surface area contributed by atoms with Gasteiger partial charge in [-0.15, -0.1) is 0 Å².